The minimum atomic E-state index is -0.942. The summed E-state index contributed by atoms with van der Waals surface area (Å²) in [6.45, 7) is -0.215. The Morgan fingerprint density at radius 1 is 1.33 bits per heavy atom. The molecule has 0 aliphatic heterocycles. The van der Waals surface area contributed by atoms with Crippen molar-refractivity contribution in [3.63, 3.8) is 0 Å². The number of nitrogens with zero attached hydrogens (tertiary/aromatic N) is 1. The summed E-state index contributed by atoms with van der Waals surface area (Å²) < 4.78 is 19.2. The number of benzene rings is 2. The largest absolute Gasteiger partial charge is 0.487 e. The van der Waals surface area contributed by atoms with Crippen LogP contribution in [0.25, 0.3) is 0 Å². The van der Waals surface area contributed by atoms with E-state index in [1.807, 2.05) is 0 Å². The maximum atomic E-state index is 13.8. The third-order valence-electron chi connectivity index (χ3n) is 2.73. The lowest BCUT2D eigenvalue weighted by molar-refractivity contribution is -0.387. The van der Waals surface area contributed by atoms with Crippen LogP contribution in [0.3, 0.4) is 0 Å². The van der Waals surface area contributed by atoms with Gasteiger partial charge in [-0.25, -0.2) is 0 Å². The molecule has 0 atom stereocenters. The van der Waals surface area contributed by atoms with E-state index >= 15 is 0 Å². The van der Waals surface area contributed by atoms with Gasteiger partial charge >= 0.3 is 5.69 Å². The molecule has 0 heterocycles. The van der Waals surface area contributed by atoms with Crippen molar-refractivity contribution < 1.29 is 18.8 Å². The third kappa shape index (κ3) is 3.35. The molecule has 2 aromatic rings. The van der Waals surface area contributed by atoms with Gasteiger partial charge in [0.15, 0.2) is 0 Å². The molecule has 0 aliphatic rings. The molecule has 0 fully saturated rings. The molecule has 0 bridgehead atoms. The standard InChI is InChI=1S/C14H9ClFNO4/c15-11-6-9(7-18)4-5-13(11)21-8-10-2-1-3-12(14(10)16)17(19)20/h1-7H,8H2. The van der Waals surface area contributed by atoms with Crippen LogP contribution in [0.4, 0.5) is 10.1 Å². The Morgan fingerprint density at radius 3 is 2.71 bits per heavy atom. The van der Waals surface area contributed by atoms with Gasteiger partial charge in [-0.15, -0.1) is 0 Å². The molecule has 2 rings (SSSR count). The number of hydrogen-bond acceptors (Lipinski definition) is 4. The number of ether oxygens (including phenoxy) is 1. The molecule has 0 saturated carbocycles. The van der Waals surface area contributed by atoms with E-state index in [0.717, 1.165) is 6.07 Å². The van der Waals surface area contributed by atoms with Crippen molar-refractivity contribution in [3.05, 3.63) is 68.5 Å². The normalized spacial score (nSPS) is 10.2. The van der Waals surface area contributed by atoms with Crippen LogP contribution in [-0.4, -0.2) is 11.2 Å². The average Bonchev–Trinajstić information content (AvgIpc) is 2.46. The highest BCUT2D eigenvalue weighted by Crippen LogP contribution is 2.27. The lowest BCUT2D eigenvalue weighted by Gasteiger charge is -2.09. The molecular weight excluding hydrogens is 301 g/mol. The second kappa shape index (κ2) is 6.32. The fraction of sp³-hybridized carbons (Fsp3) is 0.0714. The van der Waals surface area contributed by atoms with Gasteiger partial charge in [0.2, 0.25) is 5.82 Å². The van der Waals surface area contributed by atoms with Crippen LogP contribution in [0.1, 0.15) is 15.9 Å². The molecule has 0 radical (unpaired) electrons. The Kier molecular flexibility index (Phi) is 4.49. The van der Waals surface area contributed by atoms with Gasteiger partial charge in [0, 0.05) is 17.2 Å². The Labute approximate surface area is 124 Å². The number of aldehydes is 1. The van der Waals surface area contributed by atoms with Gasteiger partial charge in [0.05, 0.1) is 9.95 Å². The van der Waals surface area contributed by atoms with Crippen molar-refractivity contribution in [1.82, 2.24) is 0 Å². The van der Waals surface area contributed by atoms with Crippen LogP contribution in [0.2, 0.25) is 5.02 Å². The number of nitro benzene ring substituents is 1. The summed E-state index contributed by atoms with van der Waals surface area (Å²) in [6.07, 6.45) is 0.635. The average molecular weight is 310 g/mol. The van der Waals surface area contributed by atoms with Crippen molar-refractivity contribution >= 4 is 23.6 Å². The van der Waals surface area contributed by atoms with Crippen molar-refractivity contribution in [2.24, 2.45) is 0 Å². The van der Waals surface area contributed by atoms with Gasteiger partial charge < -0.3 is 4.74 Å². The molecule has 0 amide bonds. The molecule has 0 aromatic heterocycles. The van der Waals surface area contributed by atoms with Crippen molar-refractivity contribution in [1.29, 1.82) is 0 Å². The van der Waals surface area contributed by atoms with E-state index in [-0.39, 0.29) is 22.9 Å². The number of hydrogen-bond donors (Lipinski definition) is 0. The molecule has 21 heavy (non-hydrogen) atoms. The van der Waals surface area contributed by atoms with Gasteiger partial charge in [-0.2, -0.15) is 4.39 Å². The first-order chi connectivity index (χ1) is 10.0. The van der Waals surface area contributed by atoms with Crippen molar-refractivity contribution in [2.75, 3.05) is 0 Å². The fourth-order valence-corrected chi connectivity index (χ4v) is 1.93. The predicted molar refractivity (Wildman–Crippen MR) is 74.2 cm³/mol. The Balaban J connectivity index is 2.19. The summed E-state index contributed by atoms with van der Waals surface area (Å²) in [5.74, 6) is -0.684. The molecule has 0 unspecified atom stereocenters. The smallest absolute Gasteiger partial charge is 0.305 e. The summed E-state index contributed by atoms with van der Waals surface area (Å²) in [5, 5.41) is 10.8. The number of carbonyl (C=O) groups excluding carboxylic acids is 1. The predicted octanol–water partition coefficient (Wildman–Crippen LogP) is 3.78. The highest BCUT2D eigenvalue weighted by molar-refractivity contribution is 6.32. The van der Waals surface area contributed by atoms with Crippen LogP contribution in [0.15, 0.2) is 36.4 Å². The van der Waals surface area contributed by atoms with Gasteiger partial charge in [-0.1, -0.05) is 23.7 Å². The maximum Gasteiger partial charge on any atom is 0.305 e. The van der Waals surface area contributed by atoms with E-state index < -0.39 is 16.4 Å². The topological polar surface area (TPSA) is 69.4 Å². The first kappa shape index (κ1) is 14.9. The van der Waals surface area contributed by atoms with E-state index in [4.69, 9.17) is 16.3 Å². The minimum absolute atomic E-state index is 0.0414. The molecule has 0 N–H and O–H groups in total. The summed E-state index contributed by atoms with van der Waals surface area (Å²) in [5.41, 5.74) is -0.188. The molecule has 0 spiro atoms. The summed E-state index contributed by atoms with van der Waals surface area (Å²) >= 11 is 5.91. The zero-order valence-electron chi connectivity index (χ0n) is 10.6. The summed E-state index contributed by atoms with van der Waals surface area (Å²) in [4.78, 5) is 20.4. The van der Waals surface area contributed by atoms with E-state index in [2.05, 4.69) is 0 Å². The van der Waals surface area contributed by atoms with Crippen LogP contribution < -0.4 is 4.74 Å². The summed E-state index contributed by atoms with van der Waals surface area (Å²) in [6, 6.07) is 8.21. The van der Waals surface area contributed by atoms with E-state index in [9.17, 15) is 19.3 Å². The second-order valence-corrected chi connectivity index (χ2v) is 4.51. The monoisotopic (exact) mass is 309 g/mol. The summed E-state index contributed by atoms with van der Waals surface area (Å²) in [7, 11) is 0. The molecule has 7 heteroatoms. The highest BCUT2D eigenvalue weighted by Gasteiger charge is 2.17. The lowest BCUT2D eigenvalue weighted by atomic mass is 10.2. The van der Waals surface area contributed by atoms with Crippen LogP contribution >= 0.6 is 11.6 Å². The van der Waals surface area contributed by atoms with Crippen molar-refractivity contribution in [3.8, 4) is 5.75 Å². The second-order valence-electron chi connectivity index (χ2n) is 4.10. The minimum Gasteiger partial charge on any atom is -0.487 e. The number of halogens is 2. The highest BCUT2D eigenvalue weighted by atomic mass is 35.5. The first-order valence-corrected chi connectivity index (χ1v) is 6.20. The third-order valence-corrected chi connectivity index (χ3v) is 3.03. The molecule has 2 aromatic carbocycles. The van der Waals surface area contributed by atoms with Gasteiger partial charge in [-0.3, -0.25) is 14.9 Å². The van der Waals surface area contributed by atoms with Crippen LogP contribution in [0, 0.1) is 15.9 Å². The Bertz CT molecular complexity index is 705. The van der Waals surface area contributed by atoms with Crippen LogP contribution in [-0.2, 0) is 6.61 Å². The molecule has 0 aliphatic carbocycles. The maximum absolute atomic E-state index is 13.8. The fourth-order valence-electron chi connectivity index (χ4n) is 1.68. The Hall–Kier alpha value is -2.47. The molecular formula is C14H9ClFNO4. The first-order valence-electron chi connectivity index (χ1n) is 5.82. The number of nitro groups is 1. The quantitative estimate of drug-likeness (QED) is 0.479. The van der Waals surface area contributed by atoms with Gasteiger partial charge in [-0.05, 0) is 18.2 Å². The zero-order chi connectivity index (χ0) is 15.4. The van der Waals surface area contributed by atoms with Crippen LogP contribution in [0.5, 0.6) is 5.75 Å². The molecule has 108 valence electrons. The van der Waals surface area contributed by atoms with Gasteiger partial charge in [0.1, 0.15) is 18.6 Å². The zero-order valence-corrected chi connectivity index (χ0v) is 11.3. The number of carbonyl (C=O) groups is 1. The lowest BCUT2D eigenvalue weighted by Crippen LogP contribution is -2.02. The SMILES string of the molecule is O=Cc1ccc(OCc2cccc([N+](=O)[O-])c2F)c(Cl)c1. The van der Waals surface area contributed by atoms with E-state index in [1.165, 1.54) is 30.3 Å². The molecule has 0 saturated heterocycles. The van der Waals surface area contributed by atoms with Gasteiger partial charge in [0.25, 0.3) is 0 Å². The Morgan fingerprint density at radius 2 is 2.10 bits per heavy atom. The van der Waals surface area contributed by atoms with E-state index in [0.29, 0.717) is 11.8 Å². The van der Waals surface area contributed by atoms with E-state index in [1.54, 1.807) is 0 Å². The molecule has 5 nitrogen and oxygen atoms in total. The van der Waals surface area contributed by atoms with Crippen molar-refractivity contribution in [2.45, 2.75) is 6.61 Å². The number of rotatable bonds is 5.